The van der Waals surface area contributed by atoms with Gasteiger partial charge in [0.15, 0.2) is 0 Å². The first-order valence-electron chi connectivity index (χ1n) is 6.46. The van der Waals surface area contributed by atoms with Crippen molar-refractivity contribution >= 4 is 5.97 Å². The van der Waals surface area contributed by atoms with Crippen molar-refractivity contribution in [3.63, 3.8) is 0 Å². The Kier molecular flexibility index (Phi) is 5.53. The molecule has 0 radical (unpaired) electrons. The van der Waals surface area contributed by atoms with E-state index in [0.717, 1.165) is 12.0 Å². The molecule has 1 aromatic carbocycles. The van der Waals surface area contributed by atoms with Gasteiger partial charge in [0.25, 0.3) is 0 Å². The third-order valence-corrected chi connectivity index (χ3v) is 3.26. The highest BCUT2D eigenvalue weighted by molar-refractivity contribution is 5.82. The topological polar surface area (TPSA) is 76.1 Å². The van der Waals surface area contributed by atoms with Crippen molar-refractivity contribution in [2.24, 2.45) is 5.73 Å². The van der Waals surface area contributed by atoms with Gasteiger partial charge in [-0.15, -0.1) is 0 Å². The lowest BCUT2D eigenvalue weighted by atomic mass is 9.78. The van der Waals surface area contributed by atoms with Crippen LogP contribution < -0.4 is 5.73 Å². The third kappa shape index (κ3) is 3.55. The Balaban J connectivity index is 3.07. The van der Waals surface area contributed by atoms with E-state index in [-0.39, 0.29) is 5.97 Å². The van der Waals surface area contributed by atoms with Crippen molar-refractivity contribution in [1.29, 1.82) is 5.26 Å². The number of carbonyl (C=O) groups excluding carboxylic acids is 1. The number of ether oxygens (including phenoxy) is 1. The fourth-order valence-corrected chi connectivity index (χ4v) is 2.02. The Labute approximate surface area is 114 Å². The number of hydrogen-bond acceptors (Lipinski definition) is 4. The van der Waals surface area contributed by atoms with Gasteiger partial charge >= 0.3 is 5.97 Å². The van der Waals surface area contributed by atoms with E-state index < -0.39 is 5.41 Å². The Morgan fingerprint density at radius 1 is 1.42 bits per heavy atom. The number of hydrogen-bond donors (Lipinski definition) is 1. The van der Waals surface area contributed by atoms with Crippen LogP contribution in [0.2, 0.25) is 0 Å². The van der Waals surface area contributed by atoms with Gasteiger partial charge in [-0.3, -0.25) is 4.79 Å². The second-order valence-corrected chi connectivity index (χ2v) is 4.63. The minimum Gasteiger partial charge on any atom is -0.465 e. The van der Waals surface area contributed by atoms with Crippen LogP contribution in [0, 0.1) is 11.3 Å². The van der Waals surface area contributed by atoms with Gasteiger partial charge in [-0.1, -0.05) is 12.1 Å². The molecule has 1 rings (SSSR count). The second kappa shape index (κ2) is 6.91. The zero-order valence-corrected chi connectivity index (χ0v) is 11.5. The Morgan fingerprint density at radius 3 is 2.53 bits per heavy atom. The molecule has 19 heavy (non-hydrogen) atoms. The standard InChI is InChI=1S/C15H20N2O2/c1-3-19-14(18)15(2,9-4-10-16)13-7-5-12(11-17)6-8-13/h5-8H,3-4,9-10,16H2,1-2H3. The molecule has 0 spiro atoms. The zero-order chi connectivity index (χ0) is 14.3. The van der Waals surface area contributed by atoms with Crippen LogP contribution in [-0.2, 0) is 14.9 Å². The fraction of sp³-hybridized carbons (Fsp3) is 0.467. The lowest BCUT2D eigenvalue weighted by molar-refractivity contribution is -0.149. The molecular weight excluding hydrogens is 240 g/mol. The minimum absolute atomic E-state index is 0.242. The van der Waals surface area contributed by atoms with Crippen LogP contribution in [0.4, 0.5) is 0 Å². The van der Waals surface area contributed by atoms with Gasteiger partial charge in [0, 0.05) is 0 Å². The molecule has 0 saturated heterocycles. The van der Waals surface area contributed by atoms with Crippen LogP contribution >= 0.6 is 0 Å². The summed E-state index contributed by atoms with van der Waals surface area (Å²) < 4.78 is 5.17. The molecule has 102 valence electrons. The predicted octanol–water partition coefficient (Wildman–Crippen LogP) is 2.12. The summed E-state index contributed by atoms with van der Waals surface area (Å²) in [7, 11) is 0. The molecule has 1 atom stereocenters. The smallest absolute Gasteiger partial charge is 0.316 e. The van der Waals surface area contributed by atoms with Crippen LogP contribution in [-0.4, -0.2) is 19.1 Å². The third-order valence-electron chi connectivity index (χ3n) is 3.26. The summed E-state index contributed by atoms with van der Waals surface area (Å²) in [6, 6.07) is 9.13. The first-order valence-corrected chi connectivity index (χ1v) is 6.46. The van der Waals surface area contributed by atoms with Gasteiger partial charge in [-0.25, -0.2) is 0 Å². The number of benzene rings is 1. The molecule has 4 heteroatoms. The first-order chi connectivity index (χ1) is 9.08. The molecule has 4 nitrogen and oxygen atoms in total. The maximum Gasteiger partial charge on any atom is 0.316 e. The SMILES string of the molecule is CCOC(=O)C(C)(CCCN)c1ccc(C#N)cc1. The molecule has 0 amide bonds. The summed E-state index contributed by atoms with van der Waals surface area (Å²) in [5.41, 5.74) is 6.27. The molecule has 0 aliphatic heterocycles. The van der Waals surface area contributed by atoms with Crippen molar-refractivity contribution in [1.82, 2.24) is 0 Å². The molecule has 0 aliphatic carbocycles. The van der Waals surface area contributed by atoms with Gasteiger partial charge in [-0.05, 0) is 50.9 Å². The summed E-state index contributed by atoms with van der Waals surface area (Å²) in [6.45, 7) is 4.54. The van der Waals surface area contributed by atoms with E-state index in [0.29, 0.717) is 25.1 Å². The highest BCUT2D eigenvalue weighted by Gasteiger charge is 2.35. The largest absolute Gasteiger partial charge is 0.465 e. The highest BCUT2D eigenvalue weighted by Crippen LogP contribution is 2.30. The van der Waals surface area contributed by atoms with Crippen LogP contribution in [0.3, 0.4) is 0 Å². The van der Waals surface area contributed by atoms with E-state index in [1.165, 1.54) is 0 Å². The van der Waals surface area contributed by atoms with Gasteiger partial charge in [0.1, 0.15) is 0 Å². The second-order valence-electron chi connectivity index (χ2n) is 4.63. The quantitative estimate of drug-likeness (QED) is 0.795. The molecule has 0 aromatic heterocycles. The van der Waals surface area contributed by atoms with Crippen LogP contribution in [0.25, 0.3) is 0 Å². The normalized spacial score (nSPS) is 13.4. The Hall–Kier alpha value is -1.86. The number of carbonyl (C=O) groups is 1. The van der Waals surface area contributed by atoms with E-state index in [1.54, 1.807) is 19.1 Å². The summed E-state index contributed by atoms with van der Waals surface area (Å²) in [5, 5.41) is 8.81. The summed E-state index contributed by atoms with van der Waals surface area (Å²) in [4.78, 5) is 12.2. The lowest BCUT2D eigenvalue weighted by Crippen LogP contribution is -2.35. The van der Waals surface area contributed by atoms with Crippen LogP contribution in [0.15, 0.2) is 24.3 Å². The number of nitrogens with two attached hydrogens (primary N) is 1. The summed E-state index contributed by atoms with van der Waals surface area (Å²) in [5.74, 6) is -0.242. The monoisotopic (exact) mass is 260 g/mol. The van der Waals surface area contributed by atoms with Crippen LogP contribution in [0.5, 0.6) is 0 Å². The Morgan fingerprint density at radius 2 is 2.05 bits per heavy atom. The molecule has 2 N–H and O–H groups in total. The summed E-state index contributed by atoms with van der Waals surface area (Å²) >= 11 is 0. The number of rotatable bonds is 6. The number of nitrogens with zero attached hydrogens (tertiary/aromatic N) is 1. The first kappa shape index (κ1) is 15.2. The molecule has 1 aromatic rings. The lowest BCUT2D eigenvalue weighted by Gasteiger charge is -2.27. The molecule has 0 aliphatic rings. The maximum atomic E-state index is 12.2. The highest BCUT2D eigenvalue weighted by atomic mass is 16.5. The average Bonchev–Trinajstić information content (AvgIpc) is 2.45. The Bertz CT molecular complexity index is 462. The number of esters is 1. The van der Waals surface area contributed by atoms with E-state index >= 15 is 0 Å². The molecular formula is C15H20N2O2. The molecule has 0 bridgehead atoms. The van der Waals surface area contributed by atoms with Gasteiger partial charge in [0.05, 0.1) is 23.7 Å². The van der Waals surface area contributed by atoms with Gasteiger partial charge < -0.3 is 10.5 Å². The minimum atomic E-state index is -0.705. The van der Waals surface area contributed by atoms with E-state index in [4.69, 9.17) is 15.7 Å². The van der Waals surface area contributed by atoms with Crippen molar-refractivity contribution in [3.8, 4) is 6.07 Å². The average molecular weight is 260 g/mol. The van der Waals surface area contributed by atoms with Crippen molar-refractivity contribution < 1.29 is 9.53 Å². The van der Waals surface area contributed by atoms with Crippen molar-refractivity contribution in [2.45, 2.75) is 32.1 Å². The fourth-order valence-electron chi connectivity index (χ4n) is 2.02. The predicted molar refractivity (Wildman–Crippen MR) is 73.4 cm³/mol. The zero-order valence-electron chi connectivity index (χ0n) is 11.5. The van der Waals surface area contributed by atoms with E-state index in [1.807, 2.05) is 19.1 Å². The molecule has 1 unspecified atom stereocenters. The maximum absolute atomic E-state index is 12.2. The molecule has 0 saturated carbocycles. The van der Waals surface area contributed by atoms with Gasteiger partial charge in [0.2, 0.25) is 0 Å². The van der Waals surface area contributed by atoms with Crippen molar-refractivity contribution in [3.05, 3.63) is 35.4 Å². The van der Waals surface area contributed by atoms with Crippen molar-refractivity contribution in [2.75, 3.05) is 13.2 Å². The number of nitriles is 1. The summed E-state index contributed by atoms with van der Waals surface area (Å²) in [6.07, 6.45) is 1.38. The molecule has 0 fully saturated rings. The van der Waals surface area contributed by atoms with Crippen LogP contribution in [0.1, 0.15) is 37.8 Å². The van der Waals surface area contributed by atoms with Gasteiger partial charge in [-0.2, -0.15) is 5.26 Å². The molecule has 0 heterocycles. The van der Waals surface area contributed by atoms with E-state index in [9.17, 15) is 4.79 Å². The van der Waals surface area contributed by atoms with E-state index in [2.05, 4.69) is 6.07 Å².